The lowest BCUT2D eigenvalue weighted by Gasteiger charge is -2.33. The molecule has 0 aliphatic carbocycles. The lowest BCUT2D eigenvalue weighted by Crippen LogP contribution is -2.62. The molecule has 1 aromatic carbocycles. The van der Waals surface area contributed by atoms with E-state index < -0.39 is 48.8 Å². The number of rotatable bonds is 8. The molecule has 0 spiro atoms. The van der Waals surface area contributed by atoms with Crippen LogP contribution in [0, 0.1) is 0 Å². The van der Waals surface area contributed by atoms with Crippen LogP contribution in [0.5, 0.6) is 5.75 Å². The van der Waals surface area contributed by atoms with Gasteiger partial charge in [0.1, 0.15) is 11.8 Å². The van der Waals surface area contributed by atoms with Gasteiger partial charge in [0.2, 0.25) is 5.91 Å². The fraction of sp³-hybridized carbons (Fsp3) is 0.381. The van der Waals surface area contributed by atoms with Gasteiger partial charge < -0.3 is 41.8 Å². The largest absolute Gasteiger partial charge is 0.547 e. The van der Waals surface area contributed by atoms with Gasteiger partial charge in [-0.2, -0.15) is 0 Å². The minimum Gasteiger partial charge on any atom is -0.534 e. The molecular weight excluding hydrogens is 507 g/mol. The molecule has 1 unspecified atom stereocenters. The maximum Gasteiger partial charge on any atom is 0.547 e. The van der Waals surface area contributed by atoms with Gasteiger partial charge in [0.15, 0.2) is 0 Å². The van der Waals surface area contributed by atoms with Gasteiger partial charge in [0.25, 0.3) is 0 Å². The van der Waals surface area contributed by atoms with E-state index in [1.165, 1.54) is 22.4 Å². The number of carboxylic acid groups (broad SMARTS) is 1. The normalized spacial score (nSPS) is 18.6. The summed E-state index contributed by atoms with van der Waals surface area (Å²) in [6.45, 7) is 2.08. The monoisotopic (exact) mass is 534 g/mol. The summed E-state index contributed by atoms with van der Waals surface area (Å²) in [5.41, 5.74) is 11.7. The Kier molecular flexibility index (Phi) is 9.02. The average molecular weight is 534 g/mol. The smallest absolute Gasteiger partial charge is 0.534 e. The van der Waals surface area contributed by atoms with E-state index in [1.54, 1.807) is 13.0 Å². The first-order chi connectivity index (χ1) is 17.6. The number of carbonyl (C=O) groups is 5. The van der Waals surface area contributed by atoms with Gasteiger partial charge in [-0.25, -0.2) is 9.59 Å². The van der Waals surface area contributed by atoms with Crippen molar-refractivity contribution in [3.63, 3.8) is 0 Å². The minimum absolute atomic E-state index is 0.00833. The second-order valence-electron chi connectivity index (χ2n) is 8.10. The number of nitrogens with zero attached hydrogens (tertiary/aromatic N) is 2. The van der Waals surface area contributed by atoms with Crippen molar-refractivity contribution in [3.05, 3.63) is 40.4 Å². The molecule has 16 heteroatoms. The van der Waals surface area contributed by atoms with E-state index in [0.717, 1.165) is 11.8 Å². The number of piperazine rings is 1. The number of urea groups is 1. The van der Waals surface area contributed by atoms with Gasteiger partial charge in [-0.1, -0.05) is 12.1 Å². The predicted molar refractivity (Wildman–Crippen MR) is 133 cm³/mol. The van der Waals surface area contributed by atoms with E-state index in [1.807, 2.05) is 0 Å². The molecular formula is C21H27BN6O8S. The number of imide groups is 1. The zero-order chi connectivity index (χ0) is 27.3. The summed E-state index contributed by atoms with van der Waals surface area (Å²) in [6.07, 6.45) is 0.0250. The standard InChI is InChI=1S/C21H27BN6O8S/c1-2-27-6-7-28(19(31)18(27)30)21(34)26-15(13(24)9-37-10-23)17(29)25-14-8-11-4-3-5-12(20(32)33)16(11)36-22(14)35/h3-5,9,14-15,35H,2,6-8,10,23-24H2,1H3,(H,25,29)(H,26,34)(H,32,33)/b13-9-/t14-,15?/m0/s1. The molecule has 8 N–H and O–H groups in total. The van der Waals surface area contributed by atoms with E-state index in [-0.39, 0.29) is 42.4 Å². The summed E-state index contributed by atoms with van der Waals surface area (Å²) in [4.78, 5) is 64.1. The number of hydrogen-bond acceptors (Lipinski definition) is 10. The van der Waals surface area contributed by atoms with Crippen molar-refractivity contribution >= 4 is 48.6 Å². The van der Waals surface area contributed by atoms with Crippen LogP contribution in [0.3, 0.4) is 0 Å². The maximum absolute atomic E-state index is 13.2. The van der Waals surface area contributed by atoms with Crippen LogP contribution < -0.4 is 26.8 Å². The van der Waals surface area contributed by atoms with Gasteiger partial charge in [-0.05, 0) is 30.4 Å². The minimum atomic E-state index is -1.60. The van der Waals surface area contributed by atoms with E-state index in [4.69, 9.17) is 16.1 Å². The molecule has 2 aliphatic heterocycles. The van der Waals surface area contributed by atoms with Crippen molar-refractivity contribution in [2.75, 3.05) is 25.5 Å². The van der Waals surface area contributed by atoms with Crippen LogP contribution in [0.15, 0.2) is 29.3 Å². The van der Waals surface area contributed by atoms with Crippen LogP contribution in [0.4, 0.5) is 4.79 Å². The van der Waals surface area contributed by atoms with Gasteiger partial charge >= 0.3 is 30.9 Å². The molecule has 37 heavy (non-hydrogen) atoms. The van der Waals surface area contributed by atoms with Crippen LogP contribution in [0.2, 0.25) is 0 Å². The SMILES string of the molecule is CCN1CCN(C(=O)NC(C(=O)N[C@H]2Cc3cccc(C(=O)O)c3OB2O)/C(N)=C/SCN)C(=O)C1=O. The molecule has 14 nitrogen and oxygen atoms in total. The van der Waals surface area contributed by atoms with Crippen molar-refractivity contribution < 1.29 is 38.8 Å². The number of likely N-dealkylation sites (N-methyl/N-ethyl adjacent to an activating group) is 1. The molecule has 5 amide bonds. The number of para-hydroxylation sites is 1. The summed E-state index contributed by atoms with van der Waals surface area (Å²) in [7, 11) is -1.60. The lowest BCUT2D eigenvalue weighted by molar-refractivity contribution is -0.153. The summed E-state index contributed by atoms with van der Waals surface area (Å²) < 4.78 is 5.38. The Labute approximate surface area is 216 Å². The van der Waals surface area contributed by atoms with Crippen molar-refractivity contribution in [1.29, 1.82) is 0 Å². The number of aromatic carboxylic acids is 1. The van der Waals surface area contributed by atoms with Crippen LogP contribution in [-0.4, -0.2) is 94.3 Å². The first kappa shape index (κ1) is 27.8. The first-order valence-electron chi connectivity index (χ1n) is 11.3. The highest BCUT2D eigenvalue weighted by Gasteiger charge is 2.41. The van der Waals surface area contributed by atoms with E-state index in [0.29, 0.717) is 17.0 Å². The number of carbonyl (C=O) groups excluding carboxylic acids is 4. The van der Waals surface area contributed by atoms with Crippen molar-refractivity contribution in [3.8, 4) is 5.75 Å². The van der Waals surface area contributed by atoms with Crippen molar-refractivity contribution in [2.24, 2.45) is 11.5 Å². The molecule has 3 rings (SSSR count). The number of nitrogens with two attached hydrogens (primary N) is 2. The van der Waals surface area contributed by atoms with Crippen LogP contribution in [0.1, 0.15) is 22.8 Å². The number of nitrogens with one attached hydrogen (secondary N) is 2. The highest BCUT2D eigenvalue weighted by molar-refractivity contribution is 8.02. The van der Waals surface area contributed by atoms with Crippen molar-refractivity contribution in [1.82, 2.24) is 20.4 Å². The zero-order valence-electron chi connectivity index (χ0n) is 19.9. The van der Waals surface area contributed by atoms with Gasteiger partial charge in [0.05, 0.1) is 11.5 Å². The third kappa shape index (κ3) is 6.15. The third-order valence-electron chi connectivity index (χ3n) is 5.79. The lowest BCUT2D eigenvalue weighted by atomic mass is 9.72. The molecule has 2 aliphatic rings. The highest BCUT2D eigenvalue weighted by Crippen LogP contribution is 2.30. The third-order valence-corrected chi connectivity index (χ3v) is 6.42. The Balaban J connectivity index is 1.78. The second-order valence-corrected chi connectivity index (χ2v) is 9.00. The summed E-state index contributed by atoms with van der Waals surface area (Å²) >= 11 is 1.06. The van der Waals surface area contributed by atoms with Gasteiger partial charge in [-0.15, -0.1) is 11.8 Å². The number of fused-ring (bicyclic) bond motifs is 1. The molecule has 1 fully saturated rings. The fourth-order valence-corrected chi connectivity index (χ4v) is 4.29. The zero-order valence-corrected chi connectivity index (χ0v) is 20.7. The molecule has 198 valence electrons. The summed E-state index contributed by atoms with van der Waals surface area (Å²) in [5, 5.41) is 26.1. The van der Waals surface area contributed by atoms with Gasteiger partial charge in [0, 0.05) is 31.2 Å². The van der Waals surface area contributed by atoms with E-state index in [9.17, 15) is 34.1 Å². The topological polar surface area (TPSA) is 218 Å². The summed E-state index contributed by atoms with van der Waals surface area (Å²) in [5.74, 6) is -4.85. The molecule has 0 aromatic heterocycles. The Hall–Kier alpha value is -3.76. The average Bonchev–Trinajstić information content (AvgIpc) is 2.87. The molecule has 2 atom stereocenters. The number of amides is 5. The van der Waals surface area contributed by atoms with Gasteiger partial charge in [-0.3, -0.25) is 19.3 Å². The maximum atomic E-state index is 13.2. The quantitative estimate of drug-likeness (QED) is 0.122. The van der Waals surface area contributed by atoms with Crippen LogP contribution in [0.25, 0.3) is 0 Å². The Morgan fingerprint density at radius 1 is 1.30 bits per heavy atom. The molecule has 2 heterocycles. The molecule has 1 saturated heterocycles. The van der Waals surface area contributed by atoms with Crippen molar-refractivity contribution in [2.45, 2.75) is 25.3 Å². The molecule has 0 radical (unpaired) electrons. The Bertz CT molecular complexity index is 1130. The molecule has 1 aromatic rings. The number of benzene rings is 1. The molecule has 0 bridgehead atoms. The Morgan fingerprint density at radius 2 is 2.03 bits per heavy atom. The van der Waals surface area contributed by atoms with E-state index in [2.05, 4.69) is 10.6 Å². The fourth-order valence-electron chi connectivity index (χ4n) is 3.87. The van der Waals surface area contributed by atoms with Crippen LogP contribution in [-0.2, 0) is 20.8 Å². The highest BCUT2D eigenvalue weighted by atomic mass is 32.2. The second kappa shape index (κ2) is 12.0. The number of thioether (sulfide) groups is 1. The summed E-state index contributed by atoms with van der Waals surface area (Å²) in [6, 6.07) is 1.94. The molecule has 0 saturated carbocycles. The van der Waals surface area contributed by atoms with E-state index >= 15 is 0 Å². The number of carboxylic acids is 1. The predicted octanol–water partition coefficient (Wildman–Crippen LogP) is -1.96. The number of hydrogen-bond donors (Lipinski definition) is 6. The van der Waals surface area contributed by atoms with Crippen LogP contribution >= 0.6 is 11.8 Å². The first-order valence-corrected chi connectivity index (χ1v) is 12.3. The Morgan fingerprint density at radius 3 is 2.68 bits per heavy atom.